The van der Waals surface area contributed by atoms with Gasteiger partial charge in [0.1, 0.15) is 11.6 Å². The van der Waals surface area contributed by atoms with Crippen molar-refractivity contribution in [3.05, 3.63) is 41.2 Å². The zero-order chi connectivity index (χ0) is 14.5. The Hall–Kier alpha value is -1.90. The van der Waals surface area contributed by atoms with Crippen LogP contribution in [0.2, 0.25) is 0 Å². The van der Waals surface area contributed by atoms with Crippen LogP contribution in [0.5, 0.6) is 0 Å². The number of hydrogen-bond acceptors (Lipinski definition) is 3. The van der Waals surface area contributed by atoms with Gasteiger partial charge in [-0.15, -0.1) is 0 Å². The van der Waals surface area contributed by atoms with Gasteiger partial charge in [0.05, 0.1) is 5.69 Å². The third-order valence-corrected chi connectivity index (χ3v) is 3.45. The first-order valence-electron chi connectivity index (χ1n) is 7.33. The van der Waals surface area contributed by atoms with Crippen molar-refractivity contribution in [1.29, 1.82) is 0 Å². The topological polar surface area (TPSA) is 37.8 Å². The van der Waals surface area contributed by atoms with Gasteiger partial charge in [0, 0.05) is 24.6 Å². The van der Waals surface area contributed by atoms with Crippen LogP contribution in [0, 0.1) is 13.8 Å². The minimum Gasteiger partial charge on any atom is -0.370 e. The number of benzene rings is 1. The van der Waals surface area contributed by atoms with E-state index < -0.39 is 0 Å². The molecule has 0 aliphatic rings. The second-order valence-electron chi connectivity index (χ2n) is 5.13. The lowest BCUT2D eigenvalue weighted by atomic mass is 10.0. The number of hydrogen-bond donors (Lipinski definition) is 1. The molecule has 2 rings (SSSR count). The average Bonchev–Trinajstić information content (AvgIpc) is 2.47. The lowest BCUT2D eigenvalue weighted by Gasteiger charge is -2.10. The highest BCUT2D eigenvalue weighted by molar-refractivity contribution is 5.64. The number of rotatable bonds is 5. The molecule has 20 heavy (non-hydrogen) atoms. The summed E-state index contributed by atoms with van der Waals surface area (Å²) < 4.78 is 0. The minimum atomic E-state index is 0.847. The Morgan fingerprint density at radius 1 is 1.00 bits per heavy atom. The van der Waals surface area contributed by atoms with Crippen LogP contribution in [-0.2, 0) is 6.42 Å². The van der Waals surface area contributed by atoms with Crippen molar-refractivity contribution < 1.29 is 0 Å². The molecule has 0 atom stereocenters. The van der Waals surface area contributed by atoms with Crippen molar-refractivity contribution in [3.63, 3.8) is 0 Å². The number of nitrogens with zero attached hydrogens (tertiary/aromatic N) is 2. The Kier molecular flexibility index (Phi) is 4.72. The number of anilines is 1. The molecule has 0 spiro atoms. The van der Waals surface area contributed by atoms with Gasteiger partial charge in [-0.2, -0.15) is 0 Å². The van der Waals surface area contributed by atoms with Gasteiger partial charge in [-0.3, -0.25) is 0 Å². The predicted octanol–water partition coefficient (Wildman–Crippen LogP) is 4.14. The quantitative estimate of drug-likeness (QED) is 0.886. The fourth-order valence-corrected chi connectivity index (χ4v) is 2.05. The molecule has 1 heterocycles. The first-order chi connectivity index (χ1) is 9.63. The van der Waals surface area contributed by atoms with Crippen LogP contribution in [0.15, 0.2) is 24.3 Å². The molecule has 3 nitrogen and oxygen atoms in total. The molecule has 2 aromatic rings. The maximum atomic E-state index is 4.65. The van der Waals surface area contributed by atoms with Crippen molar-refractivity contribution in [3.8, 4) is 11.3 Å². The van der Waals surface area contributed by atoms with E-state index in [0.717, 1.165) is 42.3 Å². The van der Waals surface area contributed by atoms with E-state index in [9.17, 15) is 0 Å². The number of aryl methyl sites for hydroxylation is 3. The highest BCUT2D eigenvalue weighted by Gasteiger charge is 2.06. The van der Waals surface area contributed by atoms with Crippen molar-refractivity contribution in [1.82, 2.24) is 9.97 Å². The van der Waals surface area contributed by atoms with Crippen LogP contribution >= 0.6 is 0 Å². The summed E-state index contributed by atoms with van der Waals surface area (Å²) >= 11 is 0. The van der Waals surface area contributed by atoms with Gasteiger partial charge in [-0.05, 0) is 37.5 Å². The van der Waals surface area contributed by atoms with Gasteiger partial charge in [0.15, 0.2) is 0 Å². The number of nitrogens with one attached hydrogen (secondary N) is 1. The summed E-state index contributed by atoms with van der Waals surface area (Å²) in [5.74, 6) is 1.81. The summed E-state index contributed by atoms with van der Waals surface area (Å²) in [4.78, 5) is 9.18. The summed E-state index contributed by atoms with van der Waals surface area (Å²) in [5, 5.41) is 3.35. The SMILES string of the molecule is CCCNc1cc(-c2ccc(C)c(C)c2)nc(CC)n1. The van der Waals surface area contributed by atoms with E-state index in [1.165, 1.54) is 11.1 Å². The Balaban J connectivity index is 2.41. The molecule has 1 aromatic heterocycles. The Morgan fingerprint density at radius 3 is 2.45 bits per heavy atom. The summed E-state index contributed by atoms with van der Waals surface area (Å²) in [5.41, 5.74) is 4.76. The highest BCUT2D eigenvalue weighted by atomic mass is 15.0. The fraction of sp³-hybridized carbons (Fsp3) is 0.412. The fourth-order valence-electron chi connectivity index (χ4n) is 2.05. The molecule has 0 saturated heterocycles. The summed E-state index contributed by atoms with van der Waals surface area (Å²) in [6.45, 7) is 9.44. The van der Waals surface area contributed by atoms with E-state index in [-0.39, 0.29) is 0 Å². The smallest absolute Gasteiger partial charge is 0.131 e. The summed E-state index contributed by atoms with van der Waals surface area (Å²) in [7, 11) is 0. The molecular weight excluding hydrogens is 246 g/mol. The van der Waals surface area contributed by atoms with Gasteiger partial charge in [-0.25, -0.2) is 9.97 Å². The molecule has 106 valence electrons. The molecule has 0 aliphatic carbocycles. The van der Waals surface area contributed by atoms with E-state index in [0.29, 0.717) is 0 Å². The van der Waals surface area contributed by atoms with Gasteiger partial charge >= 0.3 is 0 Å². The van der Waals surface area contributed by atoms with E-state index in [1.54, 1.807) is 0 Å². The minimum absolute atomic E-state index is 0.847. The van der Waals surface area contributed by atoms with E-state index in [2.05, 4.69) is 61.2 Å². The van der Waals surface area contributed by atoms with Crippen molar-refractivity contribution in [2.45, 2.75) is 40.5 Å². The molecule has 0 bridgehead atoms. The van der Waals surface area contributed by atoms with Crippen molar-refractivity contribution in [2.75, 3.05) is 11.9 Å². The first kappa shape index (κ1) is 14.5. The Bertz CT molecular complexity index is 591. The third-order valence-electron chi connectivity index (χ3n) is 3.45. The molecule has 3 heteroatoms. The number of aromatic nitrogens is 2. The predicted molar refractivity (Wildman–Crippen MR) is 85.1 cm³/mol. The maximum absolute atomic E-state index is 4.65. The van der Waals surface area contributed by atoms with E-state index in [4.69, 9.17) is 0 Å². The Morgan fingerprint density at radius 2 is 1.80 bits per heavy atom. The third kappa shape index (κ3) is 3.35. The second kappa shape index (κ2) is 6.51. The van der Waals surface area contributed by atoms with Gasteiger partial charge < -0.3 is 5.32 Å². The monoisotopic (exact) mass is 269 g/mol. The Labute approximate surface area is 121 Å². The molecule has 0 amide bonds. The molecule has 0 unspecified atom stereocenters. The highest BCUT2D eigenvalue weighted by Crippen LogP contribution is 2.22. The molecule has 0 aliphatic heterocycles. The van der Waals surface area contributed by atoms with Gasteiger partial charge in [-0.1, -0.05) is 26.0 Å². The van der Waals surface area contributed by atoms with Crippen LogP contribution in [0.1, 0.15) is 37.2 Å². The van der Waals surface area contributed by atoms with Crippen molar-refractivity contribution >= 4 is 5.82 Å². The standard InChI is InChI=1S/C17H23N3/c1-5-9-18-17-11-15(19-16(6-2)20-17)14-8-7-12(3)13(4)10-14/h7-8,10-11H,5-6,9H2,1-4H3,(H,18,19,20). The van der Waals surface area contributed by atoms with Crippen LogP contribution in [0.3, 0.4) is 0 Å². The maximum Gasteiger partial charge on any atom is 0.131 e. The molecule has 1 N–H and O–H groups in total. The van der Waals surface area contributed by atoms with Gasteiger partial charge in [0.25, 0.3) is 0 Å². The molecule has 0 fully saturated rings. The van der Waals surface area contributed by atoms with E-state index in [1.807, 2.05) is 6.07 Å². The van der Waals surface area contributed by atoms with Crippen molar-refractivity contribution in [2.24, 2.45) is 0 Å². The first-order valence-corrected chi connectivity index (χ1v) is 7.33. The molecule has 0 saturated carbocycles. The zero-order valence-corrected chi connectivity index (χ0v) is 12.8. The van der Waals surface area contributed by atoms with Crippen LogP contribution in [-0.4, -0.2) is 16.5 Å². The van der Waals surface area contributed by atoms with Crippen LogP contribution in [0.4, 0.5) is 5.82 Å². The van der Waals surface area contributed by atoms with E-state index >= 15 is 0 Å². The molecular formula is C17H23N3. The second-order valence-corrected chi connectivity index (χ2v) is 5.13. The average molecular weight is 269 g/mol. The molecule has 1 aromatic carbocycles. The normalized spacial score (nSPS) is 10.6. The lowest BCUT2D eigenvalue weighted by Crippen LogP contribution is -2.05. The largest absolute Gasteiger partial charge is 0.370 e. The summed E-state index contributed by atoms with van der Waals surface area (Å²) in [6.07, 6.45) is 1.93. The van der Waals surface area contributed by atoms with Gasteiger partial charge in [0.2, 0.25) is 0 Å². The lowest BCUT2D eigenvalue weighted by molar-refractivity contribution is 0.919. The van der Waals surface area contributed by atoms with Crippen LogP contribution < -0.4 is 5.32 Å². The van der Waals surface area contributed by atoms with Crippen LogP contribution in [0.25, 0.3) is 11.3 Å². The zero-order valence-electron chi connectivity index (χ0n) is 12.8. The molecule has 0 radical (unpaired) electrons. The summed E-state index contributed by atoms with van der Waals surface area (Å²) in [6, 6.07) is 8.52.